The number of hydrogen-bond acceptors (Lipinski definition) is 1. The van der Waals surface area contributed by atoms with Crippen molar-refractivity contribution in [2.24, 2.45) is 4.99 Å². The van der Waals surface area contributed by atoms with Gasteiger partial charge in [0, 0.05) is 27.7 Å². The van der Waals surface area contributed by atoms with Crippen molar-refractivity contribution in [1.29, 1.82) is 0 Å². The van der Waals surface area contributed by atoms with Crippen LogP contribution >= 0.6 is 24.0 Å². The quantitative estimate of drug-likeness (QED) is 0.513. The Hall–Kier alpha value is -0.850. The first kappa shape index (κ1) is 16.1. The Morgan fingerprint density at radius 2 is 2.00 bits per heavy atom. The first-order valence-corrected chi connectivity index (χ1v) is 5.26. The van der Waals surface area contributed by atoms with Gasteiger partial charge in [-0.25, -0.2) is 4.39 Å². The highest BCUT2D eigenvalue weighted by molar-refractivity contribution is 14.0. The maximum Gasteiger partial charge on any atom is 0.193 e. The molecule has 0 fully saturated rings. The zero-order valence-electron chi connectivity index (χ0n) is 10.4. The Balaban J connectivity index is 0.00000256. The fourth-order valence-corrected chi connectivity index (χ4v) is 1.45. The number of nitrogens with one attached hydrogen (secondary N) is 1. The first-order chi connectivity index (χ1) is 7.65. The smallest absolute Gasteiger partial charge is 0.193 e. The number of hydrogen-bond donors (Lipinski definition) is 1. The molecule has 96 valence electrons. The maximum absolute atomic E-state index is 13.3. The second-order valence-corrected chi connectivity index (χ2v) is 3.71. The van der Waals surface area contributed by atoms with Crippen LogP contribution in [-0.4, -0.2) is 38.5 Å². The van der Waals surface area contributed by atoms with E-state index < -0.39 is 0 Å². The average Bonchev–Trinajstić information content (AvgIpc) is 2.26. The van der Waals surface area contributed by atoms with E-state index in [1.165, 1.54) is 6.07 Å². The molecule has 0 saturated heterocycles. The van der Waals surface area contributed by atoms with Crippen molar-refractivity contribution in [2.75, 3.05) is 27.7 Å². The van der Waals surface area contributed by atoms with Gasteiger partial charge in [0.1, 0.15) is 5.82 Å². The summed E-state index contributed by atoms with van der Waals surface area (Å²) in [4.78, 5) is 5.97. The van der Waals surface area contributed by atoms with Crippen LogP contribution in [-0.2, 0) is 6.42 Å². The van der Waals surface area contributed by atoms with Crippen LogP contribution in [0.25, 0.3) is 0 Å². The summed E-state index contributed by atoms with van der Waals surface area (Å²) in [7, 11) is 5.56. The van der Waals surface area contributed by atoms with Crippen LogP contribution in [0.3, 0.4) is 0 Å². The fourth-order valence-electron chi connectivity index (χ4n) is 1.45. The Labute approximate surface area is 119 Å². The monoisotopic (exact) mass is 351 g/mol. The second-order valence-electron chi connectivity index (χ2n) is 3.71. The van der Waals surface area contributed by atoms with Crippen LogP contribution in [0.4, 0.5) is 4.39 Å². The molecular weight excluding hydrogens is 332 g/mol. The van der Waals surface area contributed by atoms with E-state index in [0.717, 1.165) is 11.5 Å². The average molecular weight is 351 g/mol. The lowest BCUT2D eigenvalue weighted by atomic mass is 10.1. The van der Waals surface area contributed by atoms with E-state index in [2.05, 4.69) is 10.3 Å². The molecule has 17 heavy (non-hydrogen) atoms. The van der Waals surface area contributed by atoms with E-state index in [-0.39, 0.29) is 29.8 Å². The summed E-state index contributed by atoms with van der Waals surface area (Å²) in [6.07, 6.45) is 0.652. The van der Waals surface area contributed by atoms with E-state index >= 15 is 0 Å². The van der Waals surface area contributed by atoms with Crippen LogP contribution in [0.1, 0.15) is 5.56 Å². The normalized spacial score (nSPS) is 10.7. The van der Waals surface area contributed by atoms with Gasteiger partial charge < -0.3 is 10.2 Å². The van der Waals surface area contributed by atoms with E-state index in [1.807, 2.05) is 25.1 Å². The van der Waals surface area contributed by atoms with Crippen LogP contribution in [0, 0.1) is 5.82 Å². The first-order valence-electron chi connectivity index (χ1n) is 5.26. The number of rotatable bonds is 3. The predicted molar refractivity (Wildman–Crippen MR) is 80.6 cm³/mol. The largest absolute Gasteiger partial charge is 0.356 e. The summed E-state index contributed by atoms with van der Waals surface area (Å²) >= 11 is 0. The Bertz CT molecular complexity index is 367. The second kappa shape index (κ2) is 8.27. The molecule has 1 N–H and O–H groups in total. The van der Waals surface area contributed by atoms with Gasteiger partial charge in [0.05, 0.1) is 0 Å². The number of guanidine groups is 1. The fraction of sp³-hybridized carbons (Fsp3) is 0.417. The Morgan fingerprint density at radius 3 is 2.53 bits per heavy atom. The van der Waals surface area contributed by atoms with Crippen molar-refractivity contribution < 1.29 is 4.39 Å². The SMILES string of the molecule is CN=C(NCCc1ccccc1F)N(C)C.I. The molecule has 0 aromatic heterocycles. The third-order valence-electron chi connectivity index (χ3n) is 2.27. The molecule has 0 spiro atoms. The minimum atomic E-state index is -0.149. The predicted octanol–water partition coefficient (Wildman–Crippen LogP) is 2.12. The van der Waals surface area contributed by atoms with Crippen molar-refractivity contribution in [3.05, 3.63) is 35.6 Å². The lowest BCUT2D eigenvalue weighted by molar-refractivity contribution is 0.576. The summed E-state index contributed by atoms with van der Waals surface area (Å²) in [5, 5.41) is 3.15. The van der Waals surface area contributed by atoms with Gasteiger partial charge in [-0.2, -0.15) is 0 Å². The van der Waals surface area contributed by atoms with Crippen molar-refractivity contribution in [3.8, 4) is 0 Å². The Kier molecular flexibility index (Phi) is 7.86. The van der Waals surface area contributed by atoms with E-state index in [0.29, 0.717) is 13.0 Å². The molecule has 5 heteroatoms. The molecule has 0 amide bonds. The summed E-state index contributed by atoms with van der Waals surface area (Å²) in [6.45, 7) is 0.672. The molecule has 1 aromatic carbocycles. The lowest BCUT2D eigenvalue weighted by Gasteiger charge is -2.16. The molecule has 0 aliphatic rings. The highest BCUT2D eigenvalue weighted by Gasteiger charge is 2.02. The van der Waals surface area contributed by atoms with Crippen molar-refractivity contribution in [3.63, 3.8) is 0 Å². The standard InChI is InChI=1S/C12H18FN3.HI/c1-14-12(16(2)3)15-9-8-10-6-4-5-7-11(10)13;/h4-7H,8-9H2,1-3H3,(H,14,15);1H. The molecule has 3 nitrogen and oxygen atoms in total. The van der Waals surface area contributed by atoms with E-state index in [1.54, 1.807) is 19.2 Å². The minimum absolute atomic E-state index is 0. The zero-order valence-corrected chi connectivity index (χ0v) is 12.7. The van der Waals surface area contributed by atoms with Gasteiger partial charge in [-0.15, -0.1) is 24.0 Å². The molecule has 0 aliphatic heterocycles. The number of nitrogens with zero attached hydrogens (tertiary/aromatic N) is 2. The Morgan fingerprint density at radius 1 is 1.35 bits per heavy atom. The van der Waals surface area contributed by atoms with Crippen LogP contribution in [0.5, 0.6) is 0 Å². The number of halogens is 2. The van der Waals surface area contributed by atoms with Gasteiger partial charge in [0.2, 0.25) is 0 Å². The summed E-state index contributed by atoms with van der Waals surface area (Å²) in [6, 6.07) is 6.83. The molecule has 0 saturated carbocycles. The van der Waals surface area contributed by atoms with Crippen LogP contribution in [0.2, 0.25) is 0 Å². The van der Waals surface area contributed by atoms with Crippen molar-refractivity contribution >= 4 is 29.9 Å². The van der Waals surface area contributed by atoms with Gasteiger partial charge >= 0.3 is 0 Å². The molecule has 0 unspecified atom stereocenters. The maximum atomic E-state index is 13.3. The van der Waals surface area contributed by atoms with Gasteiger partial charge in [-0.05, 0) is 18.1 Å². The highest BCUT2D eigenvalue weighted by Crippen LogP contribution is 2.06. The highest BCUT2D eigenvalue weighted by atomic mass is 127. The molecule has 0 bridgehead atoms. The molecule has 1 rings (SSSR count). The summed E-state index contributed by atoms with van der Waals surface area (Å²) in [5.41, 5.74) is 0.726. The molecule has 0 radical (unpaired) electrons. The minimum Gasteiger partial charge on any atom is -0.356 e. The van der Waals surface area contributed by atoms with Gasteiger partial charge in [0.15, 0.2) is 5.96 Å². The van der Waals surface area contributed by atoms with E-state index in [4.69, 9.17) is 0 Å². The zero-order chi connectivity index (χ0) is 12.0. The third kappa shape index (κ3) is 5.34. The number of aliphatic imine (C=N–C) groups is 1. The number of benzene rings is 1. The topological polar surface area (TPSA) is 27.6 Å². The summed E-state index contributed by atoms with van der Waals surface area (Å²) in [5.74, 6) is 0.653. The molecule has 0 aliphatic carbocycles. The van der Waals surface area contributed by atoms with Crippen LogP contribution < -0.4 is 5.32 Å². The third-order valence-corrected chi connectivity index (χ3v) is 2.27. The van der Waals surface area contributed by atoms with Crippen molar-refractivity contribution in [1.82, 2.24) is 10.2 Å². The lowest BCUT2D eigenvalue weighted by Crippen LogP contribution is -2.37. The van der Waals surface area contributed by atoms with Gasteiger partial charge in [0.25, 0.3) is 0 Å². The molecule has 0 heterocycles. The summed E-state index contributed by atoms with van der Waals surface area (Å²) < 4.78 is 13.3. The van der Waals surface area contributed by atoms with Crippen LogP contribution in [0.15, 0.2) is 29.3 Å². The van der Waals surface area contributed by atoms with Gasteiger partial charge in [-0.1, -0.05) is 18.2 Å². The molecule has 0 atom stereocenters. The van der Waals surface area contributed by atoms with Crippen molar-refractivity contribution in [2.45, 2.75) is 6.42 Å². The van der Waals surface area contributed by atoms with Gasteiger partial charge in [-0.3, -0.25) is 4.99 Å². The molecular formula is C12H19FIN3. The molecule has 1 aromatic rings. The van der Waals surface area contributed by atoms with E-state index in [9.17, 15) is 4.39 Å².